The number of pyridine rings is 1. The van der Waals surface area contributed by atoms with Crippen molar-refractivity contribution < 1.29 is 9.53 Å². The van der Waals surface area contributed by atoms with Crippen molar-refractivity contribution in [2.45, 2.75) is 20.3 Å². The molecule has 0 aliphatic heterocycles. The lowest BCUT2D eigenvalue weighted by molar-refractivity contribution is 0.0991. The van der Waals surface area contributed by atoms with Gasteiger partial charge in [-0.25, -0.2) is 0 Å². The van der Waals surface area contributed by atoms with Gasteiger partial charge in [0.1, 0.15) is 5.75 Å². The minimum absolute atomic E-state index is 0.0556. The van der Waals surface area contributed by atoms with Gasteiger partial charge in [-0.1, -0.05) is 17.7 Å². The number of hydrogen-bond donors (Lipinski definition) is 0. The van der Waals surface area contributed by atoms with Crippen molar-refractivity contribution >= 4 is 5.78 Å². The molecule has 0 saturated heterocycles. The van der Waals surface area contributed by atoms with E-state index in [1.807, 2.05) is 38.1 Å². The number of ketones is 1. The molecule has 1 aromatic carbocycles. The van der Waals surface area contributed by atoms with E-state index < -0.39 is 0 Å². The standard InChI is InChI=1S/C16H17NO2/c1-11-4-5-16(19-3)13(6-11)8-15(18)14-7-12(2)9-17-10-14/h4-7,9-10H,8H2,1-3H3. The highest BCUT2D eigenvalue weighted by Crippen LogP contribution is 2.21. The molecule has 0 bridgehead atoms. The van der Waals surface area contributed by atoms with Crippen LogP contribution in [0.1, 0.15) is 27.0 Å². The first-order valence-corrected chi connectivity index (χ1v) is 6.18. The van der Waals surface area contributed by atoms with Gasteiger partial charge in [0, 0.05) is 29.9 Å². The van der Waals surface area contributed by atoms with Crippen molar-refractivity contribution in [2.75, 3.05) is 7.11 Å². The highest BCUT2D eigenvalue weighted by Gasteiger charge is 2.11. The van der Waals surface area contributed by atoms with E-state index in [2.05, 4.69) is 4.98 Å². The summed E-state index contributed by atoms with van der Waals surface area (Å²) in [6.45, 7) is 3.93. The molecule has 0 N–H and O–H groups in total. The molecule has 0 aliphatic rings. The quantitative estimate of drug-likeness (QED) is 0.788. The molecule has 0 saturated carbocycles. The maximum Gasteiger partial charge on any atom is 0.168 e. The summed E-state index contributed by atoms with van der Waals surface area (Å²) >= 11 is 0. The number of aryl methyl sites for hydroxylation is 2. The topological polar surface area (TPSA) is 39.2 Å². The molecule has 0 radical (unpaired) electrons. The number of hydrogen-bond acceptors (Lipinski definition) is 3. The second-order valence-electron chi connectivity index (χ2n) is 4.67. The smallest absolute Gasteiger partial charge is 0.168 e. The van der Waals surface area contributed by atoms with Crippen LogP contribution in [0.15, 0.2) is 36.7 Å². The van der Waals surface area contributed by atoms with E-state index in [1.54, 1.807) is 19.5 Å². The van der Waals surface area contributed by atoms with E-state index in [-0.39, 0.29) is 5.78 Å². The zero-order valence-electron chi connectivity index (χ0n) is 11.4. The summed E-state index contributed by atoms with van der Waals surface area (Å²) in [5.74, 6) is 0.805. The third kappa shape index (κ3) is 3.19. The predicted octanol–water partition coefficient (Wildman–Crippen LogP) is 3.13. The van der Waals surface area contributed by atoms with E-state index in [9.17, 15) is 4.79 Å². The van der Waals surface area contributed by atoms with Crippen molar-refractivity contribution in [3.8, 4) is 5.75 Å². The first kappa shape index (κ1) is 13.3. The van der Waals surface area contributed by atoms with Crippen LogP contribution < -0.4 is 4.74 Å². The molecule has 19 heavy (non-hydrogen) atoms. The zero-order chi connectivity index (χ0) is 13.8. The number of Topliss-reactive ketones (excluding diaryl/α,β-unsaturated/α-hetero) is 1. The highest BCUT2D eigenvalue weighted by atomic mass is 16.5. The summed E-state index contributed by atoms with van der Waals surface area (Å²) < 4.78 is 5.29. The lowest BCUT2D eigenvalue weighted by atomic mass is 10.0. The molecule has 2 aromatic rings. The third-order valence-electron chi connectivity index (χ3n) is 2.98. The molecule has 0 unspecified atom stereocenters. The fourth-order valence-electron chi connectivity index (χ4n) is 2.03. The lowest BCUT2D eigenvalue weighted by Gasteiger charge is -2.09. The molecular formula is C16H17NO2. The number of aromatic nitrogens is 1. The fourth-order valence-corrected chi connectivity index (χ4v) is 2.03. The maximum atomic E-state index is 12.3. The summed E-state index contributed by atoms with van der Waals surface area (Å²) in [6, 6.07) is 7.71. The van der Waals surface area contributed by atoms with Gasteiger partial charge in [0.2, 0.25) is 0 Å². The van der Waals surface area contributed by atoms with E-state index in [4.69, 9.17) is 4.74 Å². The van der Waals surface area contributed by atoms with Crippen LogP contribution in [-0.4, -0.2) is 17.9 Å². The van der Waals surface area contributed by atoms with Crippen LogP contribution >= 0.6 is 0 Å². The summed E-state index contributed by atoms with van der Waals surface area (Å²) in [6.07, 6.45) is 3.68. The van der Waals surface area contributed by atoms with E-state index in [0.29, 0.717) is 12.0 Å². The van der Waals surface area contributed by atoms with Crippen LogP contribution in [-0.2, 0) is 6.42 Å². The second kappa shape index (κ2) is 5.65. The van der Waals surface area contributed by atoms with Crippen LogP contribution in [0, 0.1) is 13.8 Å². The van der Waals surface area contributed by atoms with E-state index in [1.165, 1.54) is 0 Å². The molecular weight excluding hydrogens is 238 g/mol. The van der Waals surface area contributed by atoms with Crippen LogP contribution in [0.3, 0.4) is 0 Å². The van der Waals surface area contributed by atoms with Crippen molar-refractivity contribution in [2.24, 2.45) is 0 Å². The van der Waals surface area contributed by atoms with Crippen LogP contribution in [0.25, 0.3) is 0 Å². The van der Waals surface area contributed by atoms with Crippen molar-refractivity contribution in [1.82, 2.24) is 4.98 Å². The molecule has 0 aliphatic carbocycles. The highest BCUT2D eigenvalue weighted by molar-refractivity contribution is 5.97. The van der Waals surface area contributed by atoms with Gasteiger partial charge >= 0.3 is 0 Å². The molecule has 0 spiro atoms. The molecule has 98 valence electrons. The zero-order valence-corrected chi connectivity index (χ0v) is 11.4. The van der Waals surface area contributed by atoms with Crippen LogP contribution in [0.2, 0.25) is 0 Å². The Bertz CT molecular complexity index is 605. The Hall–Kier alpha value is -2.16. The van der Waals surface area contributed by atoms with E-state index >= 15 is 0 Å². The van der Waals surface area contributed by atoms with Gasteiger partial charge in [-0.2, -0.15) is 0 Å². The van der Waals surface area contributed by atoms with Crippen molar-refractivity contribution in [3.63, 3.8) is 0 Å². The largest absolute Gasteiger partial charge is 0.496 e. The number of methoxy groups -OCH3 is 1. The van der Waals surface area contributed by atoms with Gasteiger partial charge in [-0.15, -0.1) is 0 Å². The average Bonchev–Trinajstić information content (AvgIpc) is 2.39. The Morgan fingerprint density at radius 1 is 1.16 bits per heavy atom. The Morgan fingerprint density at radius 3 is 2.63 bits per heavy atom. The molecule has 0 fully saturated rings. The number of ether oxygens (including phenoxy) is 1. The number of carbonyl (C=O) groups excluding carboxylic acids is 1. The maximum absolute atomic E-state index is 12.3. The molecule has 1 heterocycles. The van der Waals surface area contributed by atoms with Crippen LogP contribution in [0.5, 0.6) is 5.75 Å². The fraction of sp³-hybridized carbons (Fsp3) is 0.250. The molecule has 0 amide bonds. The number of benzene rings is 1. The van der Waals surface area contributed by atoms with Gasteiger partial charge in [0.15, 0.2) is 5.78 Å². The normalized spacial score (nSPS) is 10.3. The summed E-state index contributed by atoms with van der Waals surface area (Å²) in [5.41, 5.74) is 3.66. The molecule has 3 nitrogen and oxygen atoms in total. The molecule has 2 rings (SSSR count). The average molecular weight is 255 g/mol. The summed E-state index contributed by atoms with van der Waals surface area (Å²) in [5, 5.41) is 0. The minimum Gasteiger partial charge on any atom is -0.496 e. The Labute approximate surface area is 113 Å². The SMILES string of the molecule is COc1ccc(C)cc1CC(=O)c1cncc(C)c1. The van der Waals surface area contributed by atoms with Crippen molar-refractivity contribution in [3.05, 3.63) is 58.9 Å². The molecule has 0 atom stereocenters. The molecule has 1 aromatic heterocycles. The van der Waals surface area contributed by atoms with Gasteiger partial charge in [0.25, 0.3) is 0 Å². The van der Waals surface area contributed by atoms with Gasteiger partial charge in [0.05, 0.1) is 7.11 Å². The number of nitrogens with zero attached hydrogens (tertiary/aromatic N) is 1. The van der Waals surface area contributed by atoms with Crippen molar-refractivity contribution in [1.29, 1.82) is 0 Å². The Kier molecular flexibility index (Phi) is 3.95. The summed E-state index contributed by atoms with van der Waals surface area (Å²) in [4.78, 5) is 16.3. The Morgan fingerprint density at radius 2 is 1.95 bits per heavy atom. The van der Waals surface area contributed by atoms with Gasteiger partial charge < -0.3 is 4.74 Å². The lowest BCUT2D eigenvalue weighted by Crippen LogP contribution is -2.06. The van der Waals surface area contributed by atoms with Gasteiger partial charge in [-0.05, 0) is 31.5 Å². The number of carbonyl (C=O) groups is 1. The summed E-state index contributed by atoms with van der Waals surface area (Å²) in [7, 11) is 1.62. The second-order valence-corrected chi connectivity index (χ2v) is 4.67. The first-order chi connectivity index (χ1) is 9.10. The minimum atomic E-state index is 0.0556. The monoisotopic (exact) mass is 255 g/mol. The predicted molar refractivity (Wildman–Crippen MR) is 74.7 cm³/mol. The third-order valence-corrected chi connectivity index (χ3v) is 2.98. The Balaban J connectivity index is 2.26. The van der Waals surface area contributed by atoms with E-state index in [0.717, 1.165) is 22.4 Å². The number of rotatable bonds is 4. The first-order valence-electron chi connectivity index (χ1n) is 6.18. The van der Waals surface area contributed by atoms with Crippen LogP contribution in [0.4, 0.5) is 0 Å². The molecule has 3 heteroatoms. The van der Waals surface area contributed by atoms with Gasteiger partial charge in [-0.3, -0.25) is 9.78 Å².